The Balaban J connectivity index is 2.31. The van der Waals surface area contributed by atoms with Gasteiger partial charge in [0.2, 0.25) is 0 Å². The molecule has 1 aromatic carbocycles. The van der Waals surface area contributed by atoms with Crippen LogP contribution in [0.15, 0.2) is 12.1 Å². The van der Waals surface area contributed by atoms with Crippen LogP contribution < -0.4 is 11.1 Å². The highest BCUT2D eigenvalue weighted by atomic mass is 14.9. The summed E-state index contributed by atoms with van der Waals surface area (Å²) < 4.78 is 0. The van der Waals surface area contributed by atoms with Gasteiger partial charge in [0.25, 0.3) is 0 Å². The highest BCUT2D eigenvalue weighted by Gasteiger charge is 2.34. The van der Waals surface area contributed by atoms with E-state index >= 15 is 0 Å². The van der Waals surface area contributed by atoms with E-state index in [1.165, 1.54) is 22.3 Å². The fourth-order valence-corrected chi connectivity index (χ4v) is 3.28. The van der Waals surface area contributed by atoms with Gasteiger partial charge in [-0.1, -0.05) is 17.7 Å². The number of nitrogens with one attached hydrogen (secondary N) is 1. The summed E-state index contributed by atoms with van der Waals surface area (Å²) in [7, 11) is 2.06. The van der Waals surface area contributed by atoms with Crippen LogP contribution in [-0.2, 0) is 0 Å². The van der Waals surface area contributed by atoms with Crippen LogP contribution in [0.4, 0.5) is 0 Å². The topological polar surface area (TPSA) is 38.0 Å². The van der Waals surface area contributed by atoms with E-state index < -0.39 is 0 Å². The van der Waals surface area contributed by atoms with E-state index in [1.54, 1.807) is 0 Å². The quantitative estimate of drug-likeness (QED) is 0.840. The van der Waals surface area contributed by atoms with E-state index in [0.717, 1.165) is 12.8 Å². The van der Waals surface area contributed by atoms with Crippen molar-refractivity contribution in [2.75, 3.05) is 7.05 Å². The lowest BCUT2D eigenvalue weighted by molar-refractivity contribution is 0.203. The largest absolute Gasteiger partial charge is 0.328 e. The van der Waals surface area contributed by atoms with Crippen LogP contribution in [0, 0.1) is 26.7 Å². The maximum absolute atomic E-state index is 5.91. The lowest BCUT2D eigenvalue weighted by Gasteiger charge is -2.39. The third-order valence-corrected chi connectivity index (χ3v) is 4.04. The third-order valence-electron chi connectivity index (χ3n) is 4.04. The van der Waals surface area contributed by atoms with E-state index in [9.17, 15) is 0 Å². The van der Waals surface area contributed by atoms with Crippen LogP contribution in [0.1, 0.15) is 41.1 Å². The minimum Gasteiger partial charge on any atom is -0.328 e. The maximum Gasteiger partial charge on any atom is 0.0352 e. The fourth-order valence-electron chi connectivity index (χ4n) is 3.28. The molecular weight excluding hydrogens is 208 g/mol. The highest BCUT2D eigenvalue weighted by molar-refractivity contribution is 5.40. The Kier molecular flexibility index (Phi) is 3.55. The molecule has 0 radical (unpaired) electrons. The monoisotopic (exact) mass is 232 g/mol. The molecule has 0 bridgehead atoms. The van der Waals surface area contributed by atoms with Gasteiger partial charge in [-0.2, -0.15) is 0 Å². The summed E-state index contributed by atoms with van der Waals surface area (Å²) in [6.07, 6.45) is 2.30. The minimum absolute atomic E-state index is 0.418. The Morgan fingerprint density at radius 1 is 1.18 bits per heavy atom. The molecule has 2 heteroatoms. The van der Waals surface area contributed by atoms with E-state index in [0.29, 0.717) is 18.0 Å². The molecule has 1 aliphatic rings. The van der Waals surface area contributed by atoms with E-state index in [1.807, 2.05) is 0 Å². The summed E-state index contributed by atoms with van der Waals surface area (Å²) in [5.41, 5.74) is 11.6. The summed E-state index contributed by atoms with van der Waals surface area (Å²) in [5, 5.41) is 3.49. The molecule has 0 aromatic heterocycles. The molecule has 2 nitrogen and oxygen atoms in total. The summed E-state index contributed by atoms with van der Waals surface area (Å²) in [6, 6.07) is 5.45. The predicted octanol–water partition coefficient (Wildman–Crippen LogP) is 2.61. The molecule has 1 atom stereocenters. The van der Waals surface area contributed by atoms with Crippen molar-refractivity contribution in [3.63, 3.8) is 0 Å². The van der Waals surface area contributed by atoms with Gasteiger partial charge in [-0.15, -0.1) is 0 Å². The van der Waals surface area contributed by atoms with Crippen LogP contribution in [0.2, 0.25) is 0 Å². The van der Waals surface area contributed by atoms with Crippen molar-refractivity contribution >= 4 is 0 Å². The first-order valence-electron chi connectivity index (χ1n) is 6.53. The van der Waals surface area contributed by atoms with E-state index in [4.69, 9.17) is 5.73 Å². The van der Waals surface area contributed by atoms with Gasteiger partial charge in [0.05, 0.1) is 0 Å². The zero-order valence-electron chi connectivity index (χ0n) is 11.4. The molecule has 0 saturated heterocycles. The average molecular weight is 232 g/mol. The van der Waals surface area contributed by atoms with Crippen molar-refractivity contribution in [3.8, 4) is 0 Å². The second kappa shape index (κ2) is 4.79. The van der Waals surface area contributed by atoms with Gasteiger partial charge in [-0.3, -0.25) is 0 Å². The number of rotatable bonds is 3. The summed E-state index contributed by atoms with van der Waals surface area (Å²) in [6.45, 7) is 6.61. The number of aryl methyl sites for hydroxylation is 3. The molecule has 0 aliphatic heterocycles. The van der Waals surface area contributed by atoms with Crippen molar-refractivity contribution < 1.29 is 0 Å². The zero-order valence-corrected chi connectivity index (χ0v) is 11.4. The molecule has 1 aromatic rings. The van der Waals surface area contributed by atoms with Crippen molar-refractivity contribution in [1.82, 2.24) is 5.32 Å². The first kappa shape index (κ1) is 12.6. The summed E-state index contributed by atoms with van der Waals surface area (Å²) in [5.74, 6) is 0.704. The summed E-state index contributed by atoms with van der Waals surface area (Å²) in [4.78, 5) is 0. The molecule has 1 unspecified atom stereocenters. The number of benzene rings is 1. The van der Waals surface area contributed by atoms with Crippen molar-refractivity contribution in [3.05, 3.63) is 34.4 Å². The van der Waals surface area contributed by atoms with Crippen LogP contribution in [0.25, 0.3) is 0 Å². The minimum atomic E-state index is 0.418. The first-order chi connectivity index (χ1) is 8.02. The first-order valence-corrected chi connectivity index (χ1v) is 6.53. The van der Waals surface area contributed by atoms with Crippen molar-refractivity contribution in [1.29, 1.82) is 0 Å². The SMILES string of the molecule is CNC(c1c(C)cc(C)cc1C)C1CC(N)C1. The molecule has 94 valence electrons. The van der Waals surface area contributed by atoms with Gasteiger partial charge in [-0.05, 0) is 63.3 Å². The zero-order chi connectivity index (χ0) is 12.6. The smallest absolute Gasteiger partial charge is 0.0352 e. The Morgan fingerprint density at radius 2 is 1.71 bits per heavy atom. The second-order valence-electron chi connectivity index (χ2n) is 5.57. The maximum atomic E-state index is 5.91. The number of nitrogens with two attached hydrogens (primary N) is 1. The summed E-state index contributed by atoms with van der Waals surface area (Å²) >= 11 is 0. The normalized spacial score (nSPS) is 25.5. The molecule has 0 amide bonds. The molecule has 17 heavy (non-hydrogen) atoms. The molecule has 3 N–H and O–H groups in total. The van der Waals surface area contributed by atoms with Crippen LogP contribution >= 0.6 is 0 Å². The highest BCUT2D eigenvalue weighted by Crippen LogP contribution is 2.39. The lowest BCUT2D eigenvalue weighted by Crippen LogP contribution is -2.43. The fraction of sp³-hybridized carbons (Fsp3) is 0.600. The standard InChI is InChI=1S/C15H24N2/c1-9-5-10(2)14(11(3)6-9)15(17-4)12-7-13(16)8-12/h5-6,12-13,15,17H,7-8,16H2,1-4H3. The molecule has 1 saturated carbocycles. The molecule has 2 rings (SSSR count). The molecule has 0 spiro atoms. The van der Waals surface area contributed by atoms with E-state index in [-0.39, 0.29) is 0 Å². The van der Waals surface area contributed by atoms with Crippen LogP contribution in [0.5, 0.6) is 0 Å². The molecular formula is C15H24N2. The number of hydrogen-bond donors (Lipinski definition) is 2. The Hall–Kier alpha value is -0.860. The number of hydrogen-bond acceptors (Lipinski definition) is 2. The molecule has 0 heterocycles. The van der Waals surface area contributed by atoms with E-state index in [2.05, 4.69) is 45.3 Å². The van der Waals surface area contributed by atoms with Crippen molar-refractivity contribution in [2.45, 2.75) is 45.7 Å². The Morgan fingerprint density at radius 3 is 2.12 bits per heavy atom. The predicted molar refractivity (Wildman–Crippen MR) is 73.2 cm³/mol. The van der Waals surface area contributed by atoms with Crippen LogP contribution in [-0.4, -0.2) is 13.1 Å². The van der Waals surface area contributed by atoms with Gasteiger partial charge in [0, 0.05) is 12.1 Å². The molecule has 1 fully saturated rings. The van der Waals surface area contributed by atoms with Gasteiger partial charge >= 0.3 is 0 Å². The third kappa shape index (κ3) is 2.38. The average Bonchev–Trinajstić information content (AvgIpc) is 2.19. The second-order valence-corrected chi connectivity index (χ2v) is 5.57. The Labute approximate surface area is 105 Å². The van der Waals surface area contributed by atoms with Gasteiger partial charge < -0.3 is 11.1 Å². The van der Waals surface area contributed by atoms with Gasteiger partial charge in [0.15, 0.2) is 0 Å². The Bertz CT molecular complexity index is 382. The van der Waals surface area contributed by atoms with Crippen LogP contribution in [0.3, 0.4) is 0 Å². The lowest BCUT2D eigenvalue weighted by atomic mass is 9.72. The molecule has 1 aliphatic carbocycles. The van der Waals surface area contributed by atoms with Gasteiger partial charge in [0.1, 0.15) is 0 Å². The van der Waals surface area contributed by atoms with Gasteiger partial charge in [-0.25, -0.2) is 0 Å². The van der Waals surface area contributed by atoms with Crippen molar-refractivity contribution in [2.24, 2.45) is 11.7 Å².